The number of allylic oxidation sites excluding steroid dienone is 20. The number of unbranched alkanes of at least 4 members (excludes halogenated alkanes) is 19. The van der Waals surface area contributed by atoms with Crippen molar-refractivity contribution in [2.24, 2.45) is 0 Å². The molecule has 2 atom stereocenters. The van der Waals surface area contributed by atoms with Crippen LogP contribution in [0.1, 0.15) is 226 Å². The van der Waals surface area contributed by atoms with E-state index in [4.69, 9.17) is 18.9 Å². The van der Waals surface area contributed by atoms with Gasteiger partial charge in [0.15, 0.2) is 6.10 Å². The van der Waals surface area contributed by atoms with Crippen LogP contribution in [-0.4, -0.2) is 87.4 Å². The molecule has 76 heavy (non-hydrogen) atoms. The minimum atomic E-state index is -1.52. The summed E-state index contributed by atoms with van der Waals surface area (Å²) in [5, 5.41) is 9.70. The van der Waals surface area contributed by atoms with Crippen molar-refractivity contribution in [1.29, 1.82) is 0 Å². The number of esters is 2. The average molecular weight is 1060 g/mol. The van der Waals surface area contributed by atoms with Gasteiger partial charge in [0.25, 0.3) is 6.29 Å². The molecule has 0 aromatic carbocycles. The lowest BCUT2D eigenvalue weighted by atomic mass is 10.0. The highest BCUT2D eigenvalue weighted by Crippen LogP contribution is 2.15. The van der Waals surface area contributed by atoms with Gasteiger partial charge in [-0.3, -0.25) is 9.59 Å². The number of nitrogens with zero attached hydrogens (tertiary/aromatic N) is 1. The molecule has 0 fully saturated rings. The van der Waals surface area contributed by atoms with Crippen LogP contribution in [0.3, 0.4) is 0 Å². The van der Waals surface area contributed by atoms with Crippen LogP contribution in [0.15, 0.2) is 122 Å². The molecule has 0 rings (SSSR count). The Morgan fingerprint density at radius 1 is 0.408 bits per heavy atom. The Hall–Kier alpha value is -4.31. The van der Waals surface area contributed by atoms with Crippen molar-refractivity contribution in [2.75, 3.05) is 47.5 Å². The number of quaternary nitrogens is 1. The van der Waals surface area contributed by atoms with Crippen molar-refractivity contribution in [3.8, 4) is 0 Å². The maximum Gasteiger partial charge on any atom is 0.361 e. The number of rotatable bonds is 54. The van der Waals surface area contributed by atoms with Crippen LogP contribution in [0.25, 0.3) is 0 Å². The molecule has 9 heteroatoms. The van der Waals surface area contributed by atoms with Gasteiger partial charge in [-0.1, -0.05) is 225 Å². The van der Waals surface area contributed by atoms with E-state index in [2.05, 4.69) is 135 Å². The van der Waals surface area contributed by atoms with Gasteiger partial charge >= 0.3 is 17.9 Å². The molecule has 432 valence electrons. The molecule has 0 aromatic rings. The Bertz CT molecular complexity index is 1660. The molecule has 0 radical (unpaired) electrons. The Labute approximate surface area is 466 Å². The Kier molecular flexibility index (Phi) is 53.7. The van der Waals surface area contributed by atoms with Gasteiger partial charge in [0.05, 0.1) is 34.4 Å². The van der Waals surface area contributed by atoms with Crippen molar-refractivity contribution >= 4 is 17.9 Å². The maximum atomic E-state index is 12.9. The third-order valence-corrected chi connectivity index (χ3v) is 12.5. The topological polar surface area (TPSA) is 108 Å². The second kappa shape index (κ2) is 56.9. The number of carboxylic acids is 1. The summed E-state index contributed by atoms with van der Waals surface area (Å²) in [6.07, 6.45) is 77.1. The molecule has 0 saturated heterocycles. The summed E-state index contributed by atoms with van der Waals surface area (Å²) in [5.41, 5.74) is 0. The van der Waals surface area contributed by atoms with Gasteiger partial charge in [-0.15, -0.1) is 0 Å². The molecule has 0 aliphatic rings. The van der Waals surface area contributed by atoms with Crippen molar-refractivity contribution in [2.45, 2.75) is 238 Å². The van der Waals surface area contributed by atoms with Gasteiger partial charge in [0.2, 0.25) is 0 Å². The Balaban J connectivity index is 4.22. The van der Waals surface area contributed by atoms with Crippen LogP contribution < -0.4 is 0 Å². The second-order valence-electron chi connectivity index (χ2n) is 20.9. The van der Waals surface area contributed by atoms with E-state index in [0.717, 1.165) is 122 Å². The molecular weight excluding hydrogens is 947 g/mol. The minimum absolute atomic E-state index is 0.179. The third-order valence-electron chi connectivity index (χ3n) is 12.5. The molecular formula is C67H112NO8+. The SMILES string of the molecule is CC/C=C\C/C=C\C/C=C\C/C=C\C/C=C\C/C=C\C/C=C\C/C=C\CCCCCCCCCCCCC(=O)OC(COC(=O)CCCCCCC/C=C\C/C=C\CCCCCC)COC(OCC[N+](C)(C)C)C(=O)O. The van der Waals surface area contributed by atoms with E-state index < -0.39 is 24.3 Å². The normalized spacial score (nSPS) is 13.6. The highest BCUT2D eigenvalue weighted by molar-refractivity contribution is 5.71. The zero-order chi connectivity index (χ0) is 55.5. The lowest BCUT2D eigenvalue weighted by Gasteiger charge is -2.25. The molecule has 0 aliphatic heterocycles. The van der Waals surface area contributed by atoms with Gasteiger partial charge in [-0.05, 0) is 109 Å². The highest BCUT2D eigenvalue weighted by atomic mass is 16.7. The van der Waals surface area contributed by atoms with Crippen LogP contribution in [0, 0.1) is 0 Å². The molecule has 0 heterocycles. The average Bonchev–Trinajstić information content (AvgIpc) is 3.39. The lowest BCUT2D eigenvalue weighted by molar-refractivity contribution is -0.870. The van der Waals surface area contributed by atoms with Crippen LogP contribution in [0.5, 0.6) is 0 Å². The first kappa shape index (κ1) is 71.7. The van der Waals surface area contributed by atoms with E-state index in [1.165, 1.54) is 70.6 Å². The van der Waals surface area contributed by atoms with Crippen LogP contribution in [-0.2, 0) is 33.3 Å². The number of carboxylic acid groups (broad SMARTS) is 1. The molecule has 2 unspecified atom stereocenters. The summed E-state index contributed by atoms with van der Waals surface area (Å²) in [5.74, 6) is -2.04. The van der Waals surface area contributed by atoms with E-state index >= 15 is 0 Å². The van der Waals surface area contributed by atoms with Crippen molar-refractivity contribution < 1.29 is 42.9 Å². The van der Waals surface area contributed by atoms with Crippen LogP contribution in [0.4, 0.5) is 0 Å². The summed E-state index contributed by atoms with van der Waals surface area (Å²) in [6.45, 7) is 4.71. The summed E-state index contributed by atoms with van der Waals surface area (Å²) in [7, 11) is 5.95. The number of ether oxygens (including phenoxy) is 4. The number of carbonyl (C=O) groups is 3. The molecule has 0 bridgehead atoms. The number of hydrogen-bond donors (Lipinski definition) is 1. The molecule has 0 saturated carbocycles. The summed E-state index contributed by atoms with van der Waals surface area (Å²) < 4.78 is 22.9. The van der Waals surface area contributed by atoms with Crippen LogP contribution >= 0.6 is 0 Å². The Morgan fingerprint density at radius 3 is 1.12 bits per heavy atom. The van der Waals surface area contributed by atoms with E-state index in [0.29, 0.717) is 17.4 Å². The van der Waals surface area contributed by atoms with Crippen molar-refractivity contribution in [1.82, 2.24) is 0 Å². The van der Waals surface area contributed by atoms with Gasteiger partial charge < -0.3 is 28.5 Å². The zero-order valence-electron chi connectivity index (χ0n) is 49.1. The van der Waals surface area contributed by atoms with E-state index in [1.54, 1.807) is 0 Å². The number of carbonyl (C=O) groups excluding carboxylic acids is 2. The first-order chi connectivity index (χ1) is 37.1. The van der Waals surface area contributed by atoms with Crippen molar-refractivity contribution in [3.05, 3.63) is 122 Å². The fraction of sp³-hybridized carbons (Fsp3) is 0.657. The summed E-state index contributed by atoms with van der Waals surface area (Å²) in [4.78, 5) is 37.4. The predicted octanol–water partition coefficient (Wildman–Crippen LogP) is 18.1. The quantitative estimate of drug-likeness (QED) is 0.0211. The monoisotopic (exact) mass is 1060 g/mol. The zero-order valence-corrected chi connectivity index (χ0v) is 49.1. The number of likely N-dealkylation sites (N-methyl/N-ethyl adjacent to an activating group) is 1. The fourth-order valence-electron chi connectivity index (χ4n) is 7.82. The predicted molar refractivity (Wildman–Crippen MR) is 322 cm³/mol. The summed E-state index contributed by atoms with van der Waals surface area (Å²) in [6, 6.07) is 0. The molecule has 0 spiro atoms. The van der Waals surface area contributed by atoms with Gasteiger partial charge in [0.1, 0.15) is 13.2 Å². The Morgan fingerprint density at radius 2 is 0.750 bits per heavy atom. The minimum Gasteiger partial charge on any atom is -0.477 e. The van der Waals surface area contributed by atoms with E-state index in [9.17, 15) is 19.5 Å². The van der Waals surface area contributed by atoms with E-state index in [1.807, 2.05) is 21.1 Å². The molecule has 0 aromatic heterocycles. The van der Waals surface area contributed by atoms with E-state index in [-0.39, 0.29) is 38.6 Å². The lowest BCUT2D eigenvalue weighted by Crippen LogP contribution is -2.40. The van der Waals surface area contributed by atoms with Gasteiger partial charge in [0, 0.05) is 12.8 Å². The summed E-state index contributed by atoms with van der Waals surface area (Å²) >= 11 is 0. The smallest absolute Gasteiger partial charge is 0.361 e. The fourth-order valence-corrected chi connectivity index (χ4v) is 7.82. The molecule has 0 amide bonds. The first-order valence-corrected chi connectivity index (χ1v) is 30.2. The first-order valence-electron chi connectivity index (χ1n) is 30.2. The highest BCUT2D eigenvalue weighted by Gasteiger charge is 2.25. The molecule has 9 nitrogen and oxygen atoms in total. The number of aliphatic carboxylic acids is 1. The van der Waals surface area contributed by atoms with Crippen molar-refractivity contribution in [3.63, 3.8) is 0 Å². The van der Waals surface area contributed by atoms with Gasteiger partial charge in [-0.25, -0.2) is 4.79 Å². The van der Waals surface area contributed by atoms with Crippen LogP contribution in [0.2, 0.25) is 0 Å². The largest absolute Gasteiger partial charge is 0.477 e. The standard InChI is InChI=1S/C67H111NO8/c1-6-8-10-12-14-16-18-20-22-24-25-26-27-28-29-30-31-32-33-34-35-36-37-38-39-40-41-42-44-46-48-50-52-54-56-58-65(70)76-63(62-75-67(66(71)72)73-60-59-68(3,4)5)61-74-64(69)57-55-53-51-49-47-45-43-23-21-19-17-15-13-11-9-7-2/h8,10,14,16-17,19-20,22-23,25-26,28-29,31-32,34-35,37-38,43,63,67H,6-7,9,11-13,15,18,21,24,27,30,33,36,39-42,44-62H2,1-5H3/p+1/b10-8-,16-14-,19-17-,22-20-,26-25-,29-28-,32-31-,35-34-,38-37-,43-23-. The second-order valence-corrected chi connectivity index (χ2v) is 20.9. The van der Waals surface area contributed by atoms with Gasteiger partial charge in [-0.2, -0.15) is 0 Å². The molecule has 1 N–H and O–H groups in total. The molecule has 0 aliphatic carbocycles. The third kappa shape index (κ3) is 57.4. The maximum absolute atomic E-state index is 12.9. The number of hydrogen-bond acceptors (Lipinski definition) is 7.